The molecule has 2 aromatic rings. The SMILES string of the molecule is Cc1ccc(Oc2ccc(NS(=O)(=O)CC34CCC(CC3=O)C4(C)C)cn2)cc1C. The quantitative estimate of drug-likeness (QED) is 0.725. The van der Waals surface area contributed by atoms with E-state index in [2.05, 4.69) is 9.71 Å². The maximum absolute atomic E-state index is 12.9. The van der Waals surface area contributed by atoms with Crippen molar-refractivity contribution in [3.63, 3.8) is 0 Å². The van der Waals surface area contributed by atoms with Crippen molar-refractivity contribution in [3.8, 4) is 11.6 Å². The Labute approximate surface area is 178 Å². The van der Waals surface area contributed by atoms with E-state index in [1.54, 1.807) is 12.1 Å². The van der Waals surface area contributed by atoms with Crippen molar-refractivity contribution in [2.24, 2.45) is 16.7 Å². The number of hydrogen-bond acceptors (Lipinski definition) is 5. The van der Waals surface area contributed by atoms with E-state index in [9.17, 15) is 13.2 Å². The fraction of sp³-hybridized carbons (Fsp3) is 0.478. The van der Waals surface area contributed by atoms with Crippen LogP contribution in [0.5, 0.6) is 11.6 Å². The summed E-state index contributed by atoms with van der Waals surface area (Å²) in [7, 11) is -3.70. The first-order valence-corrected chi connectivity index (χ1v) is 11.9. The Hall–Kier alpha value is -2.41. The van der Waals surface area contributed by atoms with E-state index in [-0.39, 0.29) is 22.9 Å². The third kappa shape index (κ3) is 3.49. The number of aromatic nitrogens is 1. The first-order valence-electron chi connectivity index (χ1n) is 10.3. The molecule has 2 aliphatic carbocycles. The Morgan fingerprint density at radius 1 is 1.17 bits per heavy atom. The number of hydrogen-bond donors (Lipinski definition) is 1. The van der Waals surface area contributed by atoms with Crippen molar-refractivity contribution < 1.29 is 17.9 Å². The molecule has 2 unspecified atom stereocenters. The van der Waals surface area contributed by atoms with Crippen molar-refractivity contribution in [1.82, 2.24) is 4.98 Å². The number of aryl methyl sites for hydroxylation is 2. The largest absolute Gasteiger partial charge is 0.439 e. The summed E-state index contributed by atoms with van der Waals surface area (Å²) in [5.41, 5.74) is 1.58. The number of sulfonamides is 1. The Balaban J connectivity index is 1.46. The van der Waals surface area contributed by atoms with Gasteiger partial charge in [-0.15, -0.1) is 0 Å². The van der Waals surface area contributed by atoms with Crippen molar-refractivity contribution in [3.05, 3.63) is 47.7 Å². The average Bonchev–Trinajstić information content (AvgIpc) is 3.00. The Morgan fingerprint density at radius 3 is 2.50 bits per heavy atom. The summed E-state index contributed by atoms with van der Waals surface area (Å²) >= 11 is 0. The molecule has 0 spiro atoms. The highest BCUT2D eigenvalue weighted by Gasteiger charge is 2.65. The maximum Gasteiger partial charge on any atom is 0.233 e. The molecule has 30 heavy (non-hydrogen) atoms. The van der Waals surface area contributed by atoms with E-state index in [1.165, 1.54) is 11.8 Å². The molecule has 2 aliphatic rings. The van der Waals surface area contributed by atoms with Crippen LogP contribution in [0.15, 0.2) is 36.5 Å². The van der Waals surface area contributed by atoms with Crippen molar-refractivity contribution in [1.29, 1.82) is 0 Å². The Morgan fingerprint density at radius 2 is 1.93 bits per heavy atom. The number of rotatable bonds is 6. The molecule has 0 radical (unpaired) electrons. The lowest BCUT2D eigenvalue weighted by Gasteiger charge is -2.36. The molecule has 1 N–H and O–H groups in total. The number of carbonyl (C=O) groups excluding carboxylic acids is 1. The summed E-state index contributed by atoms with van der Waals surface area (Å²) in [6, 6.07) is 9.03. The first-order chi connectivity index (χ1) is 14.0. The molecule has 0 saturated heterocycles. The molecule has 0 aliphatic heterocycles. The Kier molecular flexibility index (Phi) is 4.92. The molecule has 2 fully saturated rings. The van der Waals surface area contributed by atoms with Crippen LogP contribution in [0.3, 0.4) is 0 Å². The van der Waals surface area contributed by atoms with Crippen LogP contribution in [0, 0.1) is 30.6 Å². The molecule has 0 amide bonds. The minimum absolute atomic E-state index is 0.0874. The van der Waals surface area contributed by atoms with E-state index in [1.807, 2.05) is 45.9 Å². The normalized spacial score (nSPS) is 24.8. The molecule has 2 atom stereocenters. The number of nitrogens with zero attached hydrogens (tertiary/aromatic N) is 1. The Bertz CT molecular complexity index is 1090. The minimum Gasteiger partial charge on any atom is -0.439 e. The highest BCUT2D eigenvalue weighted by Crippen LogP contribution is 2.64. The first kappa shape index (κ1) is 20.8. The topological polar surface area (TPSA) is 85.4 Å². The third-order valence-electron chi connectivity index (χ3n) is 7.29. The number of anilines is 1. The van der Waals surface area contributed by atoms with Gasteiger partial charge in [0, 0.05) is 12.5 Å². The van der Waals surface area contributed by atoms with Gasteiger partial charge in [-0.2, -0.15) is 0 Å². The molecule has 7 heteroatoms. The van der Waals surface area contributed by atoms with Crippen molar-refractivity contribution in [2.45, 2.75) is 47.0 Å². The summed E-state index contributed by atoms with van der Waals surface area (Å²) in [5.74, 6) is 1.25. The van der Waals surface area contributed by atoms with Crippen LogP contribution >= 0.6 is 0 Å². The number of fused-ring (bicyclic) bond motifs is 2. The van der Waals surface area contributed by atoms with E-state index in [4.69, 9.17) is 4.74 Å². The molecular weight excluding hydrogens is 400 g/mol. The van der Waals surface area contributed by atoms with Gasteiger partial charge in [-0.1, -0.05) is 19.9 Å². The number of carbonyl (C=O) groups is 1. The van der Waals surface area contributed by atoms with Gasteiger partial charge in [0.1, 0.15) is 11.5 Å². The van der Waals surface area contributed by atoms with Gasteiger partial charge in [-0.3, -0.25) is 9.52 Å². The number of ketones is 1. The van der Waals surface area contributed by atoms with Crippen LogP contribution in [-0.2, 0) is 14.8 Å². The molecule has 1 aromatic carbocycles. The van der Waals surface area contributed by atoms with Crippen molar-refractivity contribution in [2.75, 3.05) is 10.5 Å². The second kappa shape index (κ2) is 7.08. The number of nitrogens with one attached hydrogen (secondary N) is 1. The van der Waals surface area contributed by atoms with Gasteiger partial charge in [-0.25, -0.2) is 13.4 Å². The monoisotopic (exact) mass is 428 g/mol. The predicted octanol–water partition coefficient (Wildman–Crippen LogP) is 4.63. The highest BCUT2D eigenvalue weighted by atomic mass is 32.2. The number of ether oxygens (including phenoxy) is 1. The standard InChI is InChI=1S/C23H28N2O4S/c1-15-5-7-19(11-16(15)2)29-21-8-6-18(13-24-21)25-30(27,28)14-23-10-9-17(12-20(23)26)22(23,3)4/h5-8,11,13,17,25H,9-10,12,14H2,1-4H3. The van der Waals surface area contributed by atoms with Crippen LogP contribution in [0.4, 0.5) is 5.69 Å². The lowest BCUT2D eigenvalue weighted by atomic mass is 9.70. The molecule has 6 nitrogen and oxygen atoms in total. The predicted molar refractivity (Wildman–Crippen MR) is 116 cm³/mol. The zero-order valence-corrected chi connectivity index (χ0v) is 18.7. The number of pyridine rings is 1. The van der Waals surface area contributed by atoms with Gasteiger partial charge in [0.25, 0.3) is 0 Å². The van der Waals surface area contributed by atoms with E-state index in [0.717, 1.165) is 12.0 Å². The van der Waals surface area contributed by atoms with E-state index >= 15 is 0 Å². The van der Waals surface area contributed by atoms with E-state index < -0.39 is 15.4 Å². The fourth-order valence-electron chi connectivity index (χ4n) is 5.05. The van der Waals surface area contributed by atoms with Crippen LogP contribution in [0.25, 0.3) is 0 Å². The number of benzene rings is 1. The van der Waals surface area contributed by atoms with Gasteiger partial charge in [-0.05, 0) is 67.3 Å². The van der Waals surface area contributed by atoms with Crippen LogP contribution < -0.4 is 9.46 Å². The molecule has 1 heterocycles. The van der Waals surface area contributed by atoms with Crippen LogP contribution in [0.1, 0.15) is 44.2 Å². The van der Waals surface area contributed by atoms with Gasteiger partial charge >= 0.3 is 0 Å². The van der Waals surface area contributed by atoms with Crippen LogP contribution in [-0.4, -0.2) is 24.9 Å². The average molecular weight is 429 g/mol. The van der Waals surface area contributed by atoms with Crippen LogP contribution in [0.2, 0.25) is 0 Å². The summed E-state index contributed by atoms with van der Waals surface area (Å²) < 4.78 is 34.1. The highest BCUT2D eigenvalue weighted by molar-refractivity contribution is 7.92. The van der Waals surface area contributed by atoms with E-state index in [0.29, 0.717) is 30.2 Å². The summed E-state index contributed by atoms with van der Waals surface area (Å²) in [4.78, 5) is 16.9. The molecule has 1 aromatic heterocycles. The molecular formula is C23H28N2O4S. The van der Waals surface area contributed by atoms with Gasteiger partial charge < -0.3 is 4.74 Å². The molecule has 2 bridgehead atoms. The van der Waals surface area contributed by atoms with Gasteiger partial charge in [0.15, 0.2) is 0 Å². The zero-order chi connectivity index (χ0) is 21.7. The summed E-state index contributed by atoms with van der Waals surface area (Å²) in [6.45, 7) is 8.11. The van der Waals surface area contributed by atoms with Gasteiger partial charge in [0.05, 0.1) is 23.1 Å². The maximum atomic E-state index is 12.9. The second-order valence-corrected chi connectivity index (χ2v) is 11.0. The number of Topliss-reactive ketones (excluding diaryl/α,β-unsaturated/α-hetero) is 1. The lowest BCUT2D eigenvalue weighted by molar-refractivity contribution is -0.128. The molecule has 2 saturated carbocycles. The molecule has 160 valence electrons. The minimum atomic E-state index is -3.70. The zero-order valence-electron chi connectivity index (χ0n) is 17.9. The third-order valence-corrected chi connectivity index (χ3v) is 8.71. The fourth-order valence-corrected chi connectivity index (χ4v) is 6.93. The molecule has 4 rings (SSSR count). The summed E-state index contributed by atoms with van der Waals surface area (Å²) in [6.07, 6.45) is 3.49. The van der Waals surface area contributed by atoms with Gasteiger partial charge in [0.2, 0.25) is 15.9 Å². The second-order valence-electron chi connectivity index (χ2n) is 9.26. The van der Waals surface area contributed by atoms with Crippen molar-refractivity contribution >= 4 is 21.5 Å². The lowest BCUT2D eigenvalue weighted by Crippen LogP contribution is -2.43. The summed E-state index contributed by atoms with van der Waals surface area (Å²) in [5, 5.41) is 0. The smallest absolute Gasteiger partial charge is 0.233 e.